The first-order chi connectivity index (χ1) is 10.9. The van der Waals surface area contributed by atoms with E-state index in [4.69, 9.17) is 5.73 Å². The molecule has 1 aliphatic rings. The average Bonchev–Trinajstić information content (AvgIpc) is 3.41. The molecule has 1 aliphatic carbocycles. The van der Waals surface area contributed by atoms with Gasteiger partial charge < -0.3 is 5.73 Å². The second kappa shape index (κ2) is 6.07. The van der Waals surface area contributed by atoms with Crippen LogP contribution in [-0.4, -0.2) is 20.5 Å². The Balaban J connectivity index is 1.91. The average molecular weight is 330 g/mol. The van der Waals surface area contributed by atoms with Gasteiger partial charge in [0.1, 0.15) is 0 Å². The Morgan fingerprint density at radius 1 is 1.09 bits per heavy atom. The van der Waals surface area contributed by atoms with Crippen molar-refractivity contribution in [2.75, 3.05) is 6.54 Å². The van der Waals surface area contributed by atoms with Crippen LogP contribution in [0.5, 0.6) is 0 Å². The maximum Gasteiger partial charge on any atom is 0.241 e. The summed E-state index contributed by atoms with van der Waals surface area (Å²) in [6, 6.07) is 16.8. The standard InChI is InChI=1S/C18H22N2O2S/c1-18(13-19,16-10-11-16)20-23(21,22)17-9-5-8-15(12-17)14-6-3-2-4-7-14/h2-9,12,16,20H,10-11,13,19H2,1H3. The van der Waals surface area contributed by atoms with Gasteiger partial charge in [0.25, 0.3) is 0 Å². The molecule has 0 saturated heterocycles. The lowest BCUT2D eigenvalue weighted by Crippen LogP contribution is -2.52. The number of nitrogens with two attached hydrogens (primary N) is 1. The number of benzene rings is 2. The van der Waals surface area contributed by atoms with Gasteiger partial charge in [0.15, 0.2) is 0 Å². The fourth-order valence-corrected chi connectivity index (χ4v) is 4.37. The smallest absolute Gasteiger partial charge is 0.241 e. The van der Waals surface area contributed by atoms with Gasteiger partial charge in [-0.3, -0.25) is 0 Å². The molecule has 0 amide bonds. The summed E-state index contributed by atoms with van der Waals surface area (Å²) in [5, 5.41) is 0. The molecule has 3 rings (SSSR count). The second-order valence-electron chi connectivity index (χ2n) is 6.40. The highest BCUT2D eigenvalue weighted by molar-refractivity contribution is 7.89. The van der Waals surface area contributed by atoms with E-state index in [1.165, 1.54) is 0 Å². The summed E-state index contributed by atoms with van der Waals surface area (Å²) in [7, 11) is -3.60. The molecule has 1 saturated carbocycles. The van der Waals surface area contributed by atoms with Crippen LogP contribution in [0.3, 0.4) is 0 Å². The van der Waals surface area contributed by atoms with Gasteiger partial charge in [0, 0.05) is 12.1 Å². The molecule has 122 valence electrons. The lowest BCUT2D eigenvalue weighted by molar-refractivity contribution is 0.374. The van der Waals surface area contributed by atoms with Crippen molar-refractivity contribution in [1.82, 2.24) is 4.72 Å². The molecule has 3 N–H and O–H groups in total. The molecular formula is C18H22N2O2S. The van der Waals surface area contributed by atoms with Gasteiger partial charge in [-0.25, -0.2) is 13.1 Å². The predicted octanol–water partition coefficient (Wildman–Crippen LogP) is 2.76. The number of rotatable bonds is 6. The quantitative estimate of drug-likeness (QED) is 0.855. The van der Waals surface area contributed by atoms with Crippen LogP contribution in [0.4, 0.5) is 0 Å². The van der Waals surface area contributed by atoms with Crippen molar-refractivity contribution >= 4 is 10.0 Å². The zero-order chi connectivity index (χ0) is 16.5. The normalized spacial score (nSPS) is 17.7. The number of nitrogens with one attached hydrogen (secondary N) is 1. The molecule has 2 aromatic rings. The first-order valence-electron chi connectivity index (χ1n) is 7.84. The van der Waals surface area contributed by atoms with Crippen LogP contribution in [0.25, 0.3) is 11.1 Å². The molecule has 0 aromatic heterocycles. The summed E-state index contributed by atoms with van der Waals surface area (Å²) >= 11 is 0. The third-order valence-electron chi connectivity index (χ3n) is 4.52. The van der Waals surface area contributed by atoms with Crippen LogP contribution >= 0.6 is 0 Å². The topological polar surface area (TPSA) is 72.2 Å². The second-order valence-corrected chi connectivity index (χ2v) is 8.08. The minimum Gasteiger partial charge on any atom is -0.329 e. The van der Waals surface area contributed by atoms with Gasteiger partial charge in [-0.05, 0) is 48.9 Å². The Hall–Kier alpha value is -1.69. The highest BCUT2D eigenvalue weighted by atomic mass is 32.2. The van der Waals surface area contributed by atoms with E-state index in [-0.39, 0.29) is 4.90 Å². The monoisotopic (exact) mass is 330 g/mol. The molecule has 0 radical (unpaired) electrons. The number of sulfonamides is 1. The van der Waals surface area contributed by atoms with E-state index in [1.807, 2.05) is 43.3 Å². The lowest BCUT2D eigenvalue weighted by atomic mass is 9.98. The molecular weight excluding hydrogens is 308 g/mol. The molecule has 0 heterocycles. The summed E-state index contributed by atoms with van der Waals surface area (Å²) in [6.45, 7) is 2.19. The van der Waals surface area contributed by atoms with Gasteiger partial charge in [-0.15, -0.1) is 0 Å². The van der Waals surface area contributed by atoms with E-state index in [0.29, 0.717) is 12.5 Å². The Morgan fingerprint density at radius 3 is 2.35 bits per heavy atom. The number of hydrogen-bond donors (Lipinski definition) is 2. The fraction of sp³-hybridized carbons (Fsp3) is 0.333. The van der Waals surface area contributed by atoms with Crippen LogP contribution < -0.4 is 10.5 Å². The van der Waals surface area contributed by atoms with Crippen LogP contribution in [0.15, 0.2) is 59.5 Å². The van der Waals surface area contributed by atoms with Gasteiger partial charge in [-0.2, -0.15) is 0 Å². The largest absolute Gasteiger partial charge is 0.329 e. The van der Waals surface area contributed by atoms with Crippen molar-refractivity contribution in [3.8, 4) is 11.1 Å². The Kier molecular flexibility index (Phi) is 4.27. The maximum atomic E-state index is 12.8. The third kappa shape index (κ3) is 3.47. The van der Waals surface area contributed by atoms with Crippen LogP contribution in [0.1, 0.15) is 19.8 Å². The van der Waals surface area contributed by atoms with Crippen LogP contribution in [0, 0.1) is 5.92 Å². The predicted molar refractivity (Wildman–Crippen MR) is 92.4 cm³/mol. The van der Waals surface area contributed by atoms with Crippen molar-refractivity contribution in [2.45, 2.75) is 30.2 Å². The summed E-state index contributed by atoms with van der Waals surface area (Å²) in [4.78, 5) is 0.277. The van der Waals surface area contributed by atoms with Gasteiger partial charge in [-0.1, -0.05) is 42.5 Å². The van der Waals surface area contributed by atoms with E-state index in [0.717, 1.165) is 24.0 Å². The minimum absolute atomic E-state index is 0.277. The summed E-state index contributed by atoms with van der Waals surface area (Å²) in [5.41, 5.74) is 7.14. The fourth-order valence-electron chi connectivity index (χ4n) is 2.85. The van der Waals surface area contributed by atoms with E-state index < -0.39 is 15.6 Å². The molecule has 1 unspecified atom stereocenters. The van der Waals surface area contributed by atoms with E-state index in [1.54, 1.807) is 18.2 Å². The van der Waals surface area contributed by atoms with Gasteiger partial charge in [0.05, 0.1) is 4.90 Å². The first-order valence-corrected chi connectivity index (χ1v) is 9.32. The Labute approximate surface area is 137 Å². The van der Waals surface area contributed by atoms with Crippen molar-refractivity contribution in [2.24, 2.45) is 11.7 Å². The van der Waals surface area contributed by atoms with Gasteiger partial charge >= 0.3 is 0 Å². The van der Waals surface area contributed by atoms with Gasteiger partial charge in [0.2, 0.25) is 10.0 Å². The Bertz CT molecular complexity index is 786. The van der Waals surface area contributed by atoms with Crippen LogP contribution in [0.2, 0.25) is 0 Å². The van der Waals surface area contributed by atoms with Crippen molar-refractivity contribution in [3.63, 3.8) is 0 Å². The molecule has 23 heavy (non-hydrogen) atoms. The maximum absolute atomic E-state index is 12.8. The summed E-state index contributed by atoms with van der Waals surface area (Å²) in [5.74, 6) is 0.333. The highest BCUT2D eigenvalue weighted by Crippen LogP contribution is 2.39. The summed E-state index contributed by atoms with van der Waals surface area (Å²) < 4.78 is 28.3. The third-order valence-corrected chi connectivity index (χ3v) is 6.13. The number of hydrogen-bond acceptors (Lipinski definition) is 3. The molecule has 0 bridgehead atoms. The van der Waals surface area contributed by atoms with E-state index in [9.17, 15) is 8.42 Å². The van der Waals surface area contributed by atoms with Crippen molar-refractivity contribution < 1.29 is 8.42 Å². The lowest BCUT2D eigenvalue weighted by Gasteiger charge is -2.29. The molecule has 5 heteroatoms. The minimum atomic E-state index is -3.60. The molecule has 4 nitrogen and oxygen atoms in total. The van der Waals surface area contributed by atoms with E-state index >= 15 is 0 Å². The van der Waals surface area contributed by atoms with E-state index in [2.05, 4.69) is 4.72 Å². The molecule has 0 aliphatic heterocycles. The molecule has 1 fully saturated rings. The molecule has 1 atom stereocenters. The molecule has 0 spiro atoms. The SMILES string of the molecule is CC(CN)(NS(=O)(=O)c1cccc(-c2ccccc2)c1)C1CC1. The first kappa shape index (κ1) is 16.2. The van der Waals surface area contributed by atoms with Crippen molar-refractivity contribution in [3.05, 3.63) is 54.6 Å². The highest BCUT2D eigenvalue weighted by Gasteiger charge is 2.43. The zero-order valence-corrected chi connectivity index (χ0v) is 14.0. The summed E-state index contributed by atoms with van der Waals surface area (Å²) in [6.07, 6.45) is 2.06. The zero-order valence-electron chi connectivity index (χ0n) is 13.2. The van der Waals surface area contributed by atoms with Crippen LogP contribution in [-0.2, 0) is 10.0 Å². The Morgan fingerprint density at radius 2 is 1.74 bits per heavy atom. The van der Waals surface area contributed by atoms with Crippen molar-refractivity contribution in [1.29, 1.82) is 0 Å². The molecule has 2 aromatic carbocycles.